The molecule has 0 spiro atoms. The zero-order valence-corrected chi connectivity index (χ0v) is 10.5. The fourth-order valence-corrected chi connectivity index (χ4v) is 1.84. The van der Waals surface area contributed by atoms with Gasteiger partial charge >= 0.3 is 0 Å². The van der Waals surface area contributed by atoms with Crippen LogP contribution in [0.1, 0.15) is 25.5 Å². The monoisotopic (exact) mass is 247 g/mol. The maximum Gasteiger partial charge on any atom is 0.124 e. The summed E-state index contributed by atoms with van der Waals surface area (Å²) in [5.74, 6) is 0.139. The van der Waals surface area contributed by atoms with Crippen molar-refractivity contribution in [3.05, 3.63) is 36.2 Å². The predicted molar refractivity (Wildman–Crippen MR) is 69.7 cm³/mol. The molecule has 0 fully saturated rings. The van der Waals surface area contributed by atoms with Crippen molar-refractivity contribution in [2.24, 2.45) is 0 Å². The van der Waals surface area contributed by atoms with Gasteiger partial charge in [-0.2, -0.15) is 5.10 Å². The van der Waals surface area contributed by atoms with Gasteiger partial charge in [0.2, 0.25) is 0 Å². The zero-order valence-electron chi connectivity index (χ0n) is 10.5. The molecule has 1 aromatic heterocycles. The van der Waals surface area contributed by atoms with E-state index in [1.54, 1.807) is 18.3 Å². The highest BCUT2D eigenvalue weighted by Gasteiger charge is 2.11. The fraction of sp³-hybridized carbons (Fsp3) is 0.308. The quantitative estimate of drug-likeness (QED) is 0.776. The van der Waals surface area contributed by atoms with Crippen molar-refractivity contribution >= 4 is 5.69 Å². The van der Waals surface area contributed by atoms with E-state index in [2.05, 4.69) is 10.4 Å². The number of rotatable bonds is 4. The number of aromatic hydroxyl groups is 2. The minimum absolute atomic E-state index is 0.0576. The van der Waals surface area contributed by atoms with Crippen LogP contribution < -0.4 is 5.32 Å². The smallest absolute Gasteiger partial charge is 0.124 e. The van der Waals surface area contributed by atoms with Crippen LogP contribution in [-0.4, -0.2) is 20.0 Å². The third-order valence-corrected chi connectivity index (χ3v) is 2.82. The molecule has 0 radical (unpaired) electrons. The second-order valence-corrected chi connectivity index (χ2v) is 4.19. The second-order valence-electron chi connectivity index (χ2n) is 4.19. The number of hydrogen-bond acceptors (Lipinski definition) is 4. The molecule has 1 atom stereocenters. The topological polar surface area (TPSA) is 70.3 Å². The third-order valence-electron chi connectivity index (χ3n) is 2.82. The molecule has 0 aliphatic carbocycles. The number of nitrogens with one attached hydrogen (secondary N) is 1. The van der Waals surface area contributed by atoms with E-state index in [4.69, 9.17) is 0 Å². The first-order valence-corrected chi connectivity index (χ1v) is 5.91. The largest absolute Gasteiger partial charge is 0.508 e. The first-order valence-electron chi connectivity index (χ1n) is 5.91. The third kappa shape index (κ3) is 2.56. The van der Waals surface area contributed by atoms with Crippen molar-refractivity contribution in [3.63, 3.8) is 0 Å². The summed E-state index contributed by atoms with van der Waals surface area (Å²) in [5.41, 5.74) is 1.63. The molecule has 0 amide bonds. The molecule has 1 heterocycles. The van der Waals surface area contributed by atoms with Gasteiger partial charge in [0, 0.05) is 24.4 Å². The normalized spacial score (nSPS) is 12.3. The van der Waals surface area contributed by atoms with E-state index in [0.29, 0.717) is 0 Å². The summed E-state index contributed by atoms with van der Waals surface area (Å²) in [4.78, 5) is 0. The van der Waals surface area contributed by atoms with Crippen LogP contribution in [-0.2, 0) is 6.54 Å². The Labute approximate surface area is 106 Å². The maximum atomic E-state index is 9.77. The number of aryl methyl sites for hydroxylation is 1. The van der Waals surface area contributed by atoms with Gasteiger partial charge in [0.15, 0.2) is 0 Å². The molecule has 2 aromatic rings. The standard InChI is InChI=1S/C13H17N3O2/c1-3-16-8-10(7-14-16)15-9(2)12-5-4-11(17)6-13(12)18/h4-9,15,17-18H,3H2,1-2H3. The molecule has 0 aliphatic heterocycles. The molecule has 3 N–H and O–H groups in total. The van der Waals surface area contributed by atoms with Crippen LogP contribution in [0.3, 0.4) is 0 Å². The summed E-state index contributed by atoms with van der Waals surface area (Å²) in [6.45, 7) is 4.78. The Kier molecular flexibility index (Phi) is 3.41. The second kappa shape index (κ2) is 5.00. The van der Waals surface area contributed by atoms with Gasteiger partial charge in [-0.05, 0) is 26.0 Å². The van der Waals surface area contributed by atoms with Crippen LogP contribution in [0.4, 0.5) is 5.69 Å². The van der Waals surface area contributed by atoms with Crippen LogP contribution >= 0.6 is 0 Å². The number of anilines is 1. The van der Waals surface area contributed by atoms with Gasteiger partial charge in [-0.25, -0.2) is 0 Å². The van der Waals surface area contributed by atoms with Crippen molar-refractivity contribution < 1.29 is 10.2 Å². The maximum absolute atomic E-state index is 9.77. The van der Waals surface area contributed by atoms with Gasteiger partial charge in [0.1, 0.15) is 11.5 Å². The average molecular weight is 247 g/mol. The van der Waals surface area contributed by atoms with Crippen LogP contribution in [0.2, 0.25) is 0 Å². The molecule has 5 nitrogen and oxygen atoms in total. The molecule has 0 aliphatic rings. The molecule has 0 saturated carbocycles. The first-order chi connectivity index (χ1) is 8.60. The van der Waals surface area contributed by atoms with Gasteiger partial charge in [0.25, 0.3) is 0 Å². The van der Waals surface area contributed by atoms with Gasteiger partial charge in [-0.15, -0.1) is 0 Å². The van der Waals surface area contributed by atoms with Crippen molar-refractivity contribution in [1.82, 2.24) is 9.78 Å². The van der Waals surface area contributed by atoms with E-state index in [0.717, 1.165) is 17.8 Å². The number of aromatic nitrogens is 2. The van der Waals surface area contributed by atoms with Crippen LogP contribution in [0.5, 0.6) is 11.5 Å². The Morgan fingerprint density at radius 1 is 1.39 bits per heavy atom. The molecule has 1 aromatic carbocycles. The molecular weight excluding hydrogens is 230 g/mol. The SMILES string of the molecule is CCn1cc(NC(C)c2ccc(O)cc2O)cn1. The van der Waals surface area contributed by atoms with Crippen molar-refractivity contribution in [3.8, 4) is 11.5 Å². The van der Waals surface area contributed by atoms with Gasteiger partial charge in [-0.3, -0.25) is 4.68 Å². The van der Waals surface area contributed by atoms with E-state index < -0.39 is 0 Å². The molecule has 96 valence electrons. The summed E-state index contributed by atoms with van der Waals surface area (Å²) >= 11 is 0. The van der Waals surface area contributed by atoms with Crippen molar-refractivity contribution in [2.75, 3.05) is 5.32 Å². The summed E-state index contributed by atoms with van der Waals surface area (Å²) < 4.78 is 1.83. The minimum Gasteiger partial charge on any atom is -0.508 e. The Morgan fingerprint density at radius 3 is 2.78 bits per heavy atom. The number of benzene rings is 1. The Bertz CT molecular complexity index is 537. The molecule has 0 bridgehead atoms. The Balaban J connectivity index is 2.13. The molecule has 2 rings (SSSR count). The summed E-state index contributed by atoms with van der Waals surface area (Å²) in [5, 5.41) is 26.4. The summed E-state index contributed by atoms with van der Waals surface area (Å²) in [6.07, 6.45) is 3.66. The molecule has 1 unspecified atom stereocenters. The zero-order chi connectivity index (χ0) is 13.1. The van der Waals surface area contributed by atoms with E-state index in [1.807, 2.05) is 24.7 Å². The number of nitrogens with zero attached hydrogens (tertiary/aromatic N) is 2. The van der Waals surface area contributed by atoms with E-state index >= 15 is 0 Å². The van der Waals surface area contributed by atoms with Crippen molar-refractivity contribution in [1.29, 1.82) is 0 Å². The minimum atomic E-state index is -0.0693. The van der Waals surface area contributed by atoms with Crippen LogP contribution in [0.15, 0.2) is 30.6 Å². The first kappa shape index (κ1) is 12.3. The lowest BCUT2D eigenvalue weighted by atomic mass is 10.1. The van der Waals surface area contributed by atoms with Crippen LogP contribution in [0.25, 0.3) is 0 Å². The highest BCUT2D eigenvalue weighted by Crippen LogP contribution is 2.29. The van der Waals surface area contributed by atoms with E-state index in [1.165, 1.54) is 6.07 Å². The van der Waals surface area contributed by atoms with Crippen LogP contribution in [0, 0.1) is 0 Å². The summed E-state index contributed by atoms with van der Waals surface area (Å²) in [7, 11) is 0. The lowest BCUT2D eigenvalue weighted by Crippen LogP contribution is -2.06. The van der Waals surface area contributed by atoms with E-state index in [-0.39, 0.29) is 17.5 Å². The average Bonchev–Trinajstić information content (AvgIpc) is 2.76. The van der Waals surface area contributed by atoms with Crippen molar-refractivity contribution in [2.45, 2.75) is 26.4 Å². The highest BCUT2D eigenvalue weighted by atomic mass is 16.3. The molecule has 0 saturated heterocycles. The summed E-state index contributed by atoms with van der Waals surface area (Å²) in [6, 6.07) is 4.53. The fourth-order valence-electron chi connectivity index (χ4n) is 1.84. The predicted octanol–water partition coefficient (Wildman–Crippen LogP) is 2.49. The Hall–Kier alpha value is -2.17. The molecule has 5 heteroatoms. The Morgan fingerprint density at radius 2 is 2.17 bits per heavy atom. The lowest BCUT2D eigenvalue weighted by molar-refractivity contribution is 0.444. The number of phenolic OH excluding ortho intramolecular Hbond substituents is 2. The number of hydrogen-bond donors (Lipinski definition) is 3. The highest BCUT2D eigenvalue weighted by molar-refractivity contribution is 5.46. The van der Waals surface area contributed by atoms with Gasteiger partial charge in [0.05, 0.1) is 17.9 Å². The lowest BCUT2D eigenvalue weighted by Gasteiger charge is -2.15. The molecular formula is C13H17N3O2. The molecule has 18 heavy (non-hydrogen) atoms. The number of phenols is 2. The van der Waals surface area contributed by atoms with E-state index in [9.17, 15) is 10.2 Å². The van der Waals surface area contributed by atoms with Gasteiger partial charge in [-0.1, -0.05) is 0 Å². The van der Waals surface area contributed by atoms with Gasteiger partial charge < -0.3 is 15.5 Å².